The van der Waals surface area contributed by atoms with Crippen LogP contribution in [0.25, 0.3) is 0 Å². The van der Waals surface area contributed by atoms with Gasteiger partial charge in [-0.3, -0.25) is 19.7 Å². The Balaban J connectivity index is 1.73. The Bertz CT molecular complexity index is 720. The molecule has 24 heavy (non-hydrogen) atoms. The molecule has 3 rings (SSSR count). The Morgan fingerprint density at radius 3 is 2.79 bits per heavy atom. The highest BCUT2D eigenvalue weighted by Gasteiger charge is 2.29. The molecular weight excluding hydrogens is 304 g/mol. The van der Waals surface area contributed by atoms with E-state index in [-0.39, 0.29) is 11.9 Å². The molecule has 2 aromatic heterocycles. The van der Waals surface area contributed by atoms with Crippen molar-refractivity contribution in [3.05, 3.63) is 53.4 Å². The maximum atomic E-state index is 12.9. The zero-order chi connectivity index (χ0) is 16.9. The van der Waals surface area contributed by atoms with Crippen LogP contribution in [0.15, 0.2) is 30.7 Å². The van der Waals surface area contributed by atoms with Crippen molar-refractivity contribution in [1.82, 2.24) is 19.9 Å². The summed E-state index contributed by atoms with van der Waals surface area (Å²) in [6.45, 7) is 5.57. The zero-order valence-electron chi connectivity index (χ0n) is 14.1. The summed E-state index contributed by atoms with van der Waals surface area (Å²) >= 11 is 0. The molecular formula is C18H22N4O2. The molecule has 1 saturated heterocycles. The van der Waals surface area contributed by atoms with Gasteiger partial charge in [-0.1, -0.05) is 0 Å². The summed E-state index contributed by atoms with van der Waals surface area (Å²) in [5.74, 6) is 0.0322. The first-order chi connectivity index (χ1) is 11.7. The predicted molar refractivity (Wildman–Crippen MR) is 89.7 cm³/mol. The van der Waals surface area contributed by atoms with Crippen LogP contribution in [0.1, 0.15) is 33.9 Å². The van der Waals surface area contributed by atoms with E-state index in [4.69, 9.17) is 4.74 Å². The molecule has 0 N–H and O–H groups in total. The van der Waals surface area contributed by atoms with Gasteiger partial charge < -0.3 is 9.64 Å². The van der Waals surface area contributed by atoms with Crippen LogP contribution in [0.5, 0.6) is 0 Å². The highest BCUT2D eigenvalue weighted by molar-refractivity contribution is 5.95. The first kappa shape index (κ1) is 16.5. The SMILES string of the molecule is Cc1ncccc1C(=O)N1CCOC[C@@H]1CCc1nccnc1C. The number of rotatable bonds is 4. The minimum absolute atomic E-state index is 0.0322. The lowest BCUT2D eigenvalue weighted by Crippen LogP contribution is -2.49. The smallest absolute Gasteiger partial charge is 0.256 e. The van der Waals surface area contributed by atoms with Gasteiger partial charge in [-0.05, 0) is 38.8 Å². The maximum Gasteiger partial charge on any atom is 0.256 e. The Kier molecular flexibility index (Phi) is 5.15. The van der Waals surface area contributed by atoms with E-state index in [1.165, 1.54) is 0 Å². The summed E-state index contributed by atoms with van der Waals surface area (Å²) in [5, 5.41) is 0. The zero-order valence-corrected chi connectivity index (χ0v) is 14.1. The number of aromatic nitrogens is 3. The van der Waals surface area contributed by atoms with Crippen LogP contribution in [-0.2, 0) is 11.2 Å². The minimum atomic E-state index is 0.0322. The molecule has 126 valence electrons. The van der Waals surface area contributed by atoms with Crippen molar-refractivity contribution >= 4 is 5.91 Å². The number of morpholine rings is 1. The van der Waals surface area contributed by atoms with E-state index < -0.39 is 0 Å². The van der Waals surface area contributed by atoms with Crippen molar-refractivity contribution in [2.45, 2.75) is 32.7 Å². The van der Waals surface area contributed by atoms with E-state index in [0.29, 0.717) is 25.3 Å². The van der Waals surface area contributed by atoms with Gasteiger partial charge in [0.1, 0.15) is 0 Å². The number of amides is 1. The first-order valence-corrected chi connectivity index (χ1v) is 8.23. The number of aryl methyl sites for hydroxylation is 3. The Hall–Kier alpha value is -2.34. The van der Waals surface area contributed by atoms with Gasteiger partial charge in [-0.25, -0.2) is 0 Å². The fourth-order valence-electron chi connectivity index (χ4n) is 3.01. The molecule has 0 spiro atoms. The van der Waals surface area contributed by atoms with Crippen LogP contribution in [0.2, 0.25) is 0 Å². The van der Waals surface area contributed by atoms with Crippen molar-refractivity contribution in [2.24, 2.45) is 0 Å². The molecule has 6 nitrogen and oxygen atoms in total. The van der Waals surface area contributed by atoms with Gasteiger partial charge in [-0.15, -0.1) is 0 Å². The topological polar surface area (TPSA) is 68.2 Å². The number of pyridine rings is 1. The van der Waals surface area contributed by atoms with Gasteiger partial charge in [0.25, 0.3) is 5.91 Å². The van der Waals surface area contributed by atoms with Crippen molar-refractivity contribution in [3.8, 4) is 0 Å². The molecule has 1 amide bonds. The lowest BCUT2D eigenvalue weighted by Gasteiger charge is -2.36. The second-order valence-corrected chi connectivity index (χ2v) is 5.99. The molecule has 0 saturated carbocycles. The van der Waals surface area contributed by atoms with Crippen LogP contribution in [-0.4, -0.2) is 51.6 Å². The normalized spacial score (nSPS) is 17.8. The standard InChI is InChI=1S/C18H22N4O2/c1-13-16(4-3-7-19-13)18(23)22-10-11-24-12-15(22)5-6-17-14(2)20-8-9-21-17/h3-4,7-9,15H,5-6,10-12H2,1-2H3/t15-/m0/s1. The number of hydrogen-bond donors (Lipinski definition) is 0. The van der Waals surface area contributed by atoms with Crippen LogP contribution < -0.4 is 0 Å². The van der Waals surface area contributed by atoms with E-state index in [0.717, 1.165) is 29.9 Å². The molecule has 0 unspecified atom stereocenters. The first-order valence-electron chi connectivity index (χ1n) is 8.23. The quantitative estimate of drug-likeness (QED) is 0.859. The average molecular weight is 326 g/mol. The van der Waals surface area contributed by atoms with Gasteiger partial charge in [0.05, 0.1) is 36.2 Å². The summed E-state index contributed by atoms with van der Waals surface area (Å²) < 4.78 is 5.60. The summed E-state index contributed by atoms with van der Waals surface area (Å²) in [6.07, 6.45) is 6.71. The van der Waals surface area contributed by atoms with Gasteiger partial charge >= 0.3 is 0 Å². The molecule has 1 atom stereocenters. The van der Waals surface area contributed by atoms with Gasteiger partial charge in [0.2, 0.25) is 0 Å². The molecule has 0 aromatic carbocycles. The van der Waals surface area contributed by atoms with E-state index >= 15 is 0 Å². The summed E-state index contributed by atoms with van der Waals surface area (Å²) in [5.41, 5.74) is 3.35. The molecule has 2 aromatic rings. The van der Waals surface area contributed by atoms with Crippen molar-refractivity contribution in [3.63, 3.8) is 0 Å². The lowest BCUT2D eigenvalue weighted by atomic mass is 10.0. The predicted octanol–water partition coefficient (Wildman–Crippen LogP) is 1.96. The Labute approximate surface area is 141 Å². The van der Waals surface area contributed by atoms with Crippen LogP contribution >= 0.6 is 0 Å². The van der Waals surface area contributed by atoms with E-state index in [2.05, 4.69) is 15.0 Å². The van der Waals surface area contributed by atoms with Gasteiger partial charge in [-0.2, -0.15) is 0 Å². The summed E-state index contributed by atoms with van der Waals surface area (Å²) in [7, 11) is 0. The van der Waals surface area contributed by atoms with Gasteiger partial charge in [0.15, 0.2) is 0 Å². The van der Waals surface area contributed by atoms with E-state index in [1.54, 1.807) is 24.7 Å². The maximum absolute atomic E-state index is 12.9. The average Bonchev–Trinajstić information content (AvgIpc) is 2.61. The third-order valence-corrected chi connectivity index (χ3v) is 4.42. The molecule has 1 fully saturated rings. The largest absolute Gasteiger partial charge is 0.377 e. The molecule has 3 heterocycles. The van der Waals surface area contributed by atoms with Crippen molar-refractivity contribution < 1.29 is 9.53 Å². The minimum Gasteiger partial charge on any atom is -0.377 e. The number of ether oxygens (including phenoxy) is 1. The molecule has 1 aliphatic rings. The highest BCUT2D eigenvalue weighted by Crippen LogP contribution is 2.18. The highest BCUT2D eigenvalue weighted by atomic mass is 16.5. The third kappa shape index (κ3) is 3.59. The molecule has 0 aliphatic carbocycles. The molecule has 0 radical (unpaired) electrons. The van der Waals surface area contributed by atoms with Crippen LogP contribution in [0, 0.1) is 13.8 Å². The number of hydrogen-bond acceptors (Lipinski definition) is 5. The van der Waals surface area contributed by atoms with Crippen molar-refractivity contribution in [1.29, 1.82) is 0 Å². The molecule has 1 aliphatic heterocycles. The summed E-state index contributed by atoms with van der Waals surface area (Å²) in [6, 6.07) is 3.69. The van der Waals surface area contributed by atoms with Crippen LogP contribution in [0.4, 0.5) is 0 Å². The summed E-state index contributed by atoms with van der Waals surface area (Å²) in [4.78, 5) is 27.7. The fourth-order valence-corrected chi connectivity index (χ4v) is 3.01. The number of carbonyl (C=O) groups is 1. The Morgan fingerprint density at radius 2 is 2.00 bits per heavy atom. The van der Waals surface area contributed by atoms with E-state index in [1.807, 2.05) is 24.8 Å². The molecule has 6 heteroatoms. The second-order valence-electron chi connectivity index (χ2n) is 5.99. The molecule has 0 bridgehead atoms. The van der Waals surface area contributed by atoms with Crippen LogP contribution in [0.3, 0.4) is 0 Å². The second kappa shape index (κ2) is 7.49. The van der Waals surface area contributed by atoms with Gasteiger partial charge in [0, 0.05) is 30.8 Å². The van der Waals surface area contributed by atoms with Crippen molar-refractivity contribution in [2.75, 3.05) is 19.8 Å². The lowest BCUT2D eigenvalue weighted by molar-refractivity contribution is -0.00420. The fraction of sp³-hybridized carbons (Fsp3) is 0.444. The Morgan fingerprint density at radius 1 is 1.21 bits per heavy atom. The van der Waals surface area contributed by atoms with E-state index in [9.17, 15) is 4.79 Å². The number of carbonyl (C=O) groups excluding carboxylic acids is 1. The third-order valence-electron chi connectivity index (χ3n) is 4.42. The monoisotopic (exact) mass is 326 g/mol. The number of nitrogens with zero attached hydrogens (tertiary/aromatic N) is 4.